The number of Topliss-reactive ketones (excluding diaryl/α,β-unsaturated/α-hetero) is 2. The van der Waals surface area contributed by atoms with Crippen molar-refractivity contribution in [1.82, 2.24) is 0 Å². The molecular formula is C35H26O3S6. The Morgan fingerprint density at radius 1 is 0.523 bits per heavy atom. The minimum absolute atomic E-state index is 0.204. The van der Waals surface area contributed by atoms with Gasteiger partial charge in [-0.15, -0.1) is 68.0 Å². The van der Waals surface area contributed by atoms with Crippen LogP contribution in [0.3, 0.4) is 0 Å². The van der Waals surface area contributed by atoms with E-state index in [1.807, 2.05) is 34.2 Å². The molecule has 0 saturated heterocycles. The first-order valence-electron chi connectivity index (χ1n) is 14.4. The van der Waals surface area contributed by atoms with Crippen LogP contribution in [0.2, 0.25) is 0 Å². The van der Waals surface area contributed by atoms with E-state index in [0.29, 0.717) is 0 Å². The highest BCUT2D eigenvalue weighted by Crippen LogP contribution is 2.59. The number of ketones is 2. The van der Waals surface area contributed by atoms with E-state index in [0.717, 1.165) is 37.8 Å². The molecule has 2 aliphatic carbocycles. The van der Waals surface area contributed by atoms with Crippen molar-refractivity contribution in [2.45, 2.75) is 58.0 Å². The van der Waals surface area contributed by atoms with Crippen molar-refractivity contribution in [2.24, 2.45) is 0 Å². The normalized spacial score (nSPS) is 18.1. The van der Waals surface area contributed by atoms with Crippen LogP contribution in [-0.4, -0.2) is 11.6 Å². The summed E-state index contributed by atoms with van der Waals surface area (Å²) >= 11 is 10.5. The van der Waals surface area contributed by atoms with E-state index in [1.54, 1.807) is 56.7 Å². The minimum Gasteiger partial charge on any atom is -0.482 e. The van der Waals surface area contributed by atoms with Crippen LogP contribution in [-0.2, 0) is 16.4 Å². The van der Waals surface area contributed by atoms with E-state index in [1.165, 1.54) is 44.6 Å². The highest BCUT2D eigenvalue weighted by Gasteiger charge is 2.43. The molecule has 3 aliphatic rings. The highest BCUT2D eigenvalue weighted by molar-refractivity contribution is 7.31. The molecule has 9 heteroatoms. The van der Waals surface area contributed by atoms with Gasteiger partial charge in [0.15, 0.2) is 11.6 Å². The summed E-state index contributed by atoms with van der Waals surface area (Å²) in [6.07, 6.45) is 0. The van der Waals surface area contributed by atoms with Gasteiger partial charge in [-0.3, -0.25) is 9.59 Å². The molecule has 6 aromatic heterocycles. The smallest absolute Gasteiger partial charge is 0.174 e. The molecule has 0 spiro atoms. The fourth-order valence-electron chi connectivity index (χ4n) is 6.72. The molecule has 1 aliphatic heterocycles. The van der Waals surface area contributed by atoms with Crippen molar-refractivity contribution in [3.05, 3.63) is 75.0 Å². The Labute approximate surface area is 279 Å². The SMILES string of the molecule is CC1(C)Oc2cc(-c3cc4c(s3)-c3sccc3C(=O)C4(C)C)sc2-c2sc(-c3cc4c(s3)-c3sccc3C(=O)C4(C)C)cc21. The number of ether oxygens (including phenoxy) is 1. The zero-order valence-corrected chi connectivity index (χ0v) is 29.7. The Balaban J connectivity index is 1.16. The number of rotatable bonds is 2. The molecule has 44 heavy (non-hydrogen) atoms. The summed E-state index contributed by atoms with van der Waals surface area (Å²) in [5.41, 5.74) is 3.61. The summed E-state index contributed by atoms with van der Waals surface area (Å²) in [7, 11) is 0. The lowest BCUT2D eigenvalue weighted by Gasteiger charge is -2.31. The second-order valence-corrected chi connectivity index (χ2v) is 19.3. The Morgan fingerprint density at radius 3 is 1.43 bits per heavy atom. The van der Waals surface area contributed by atoms with Gasteiger partial charge in [-0.25, -0.2) is 0 Å². The number of hydrogen-bond donors (Lipinski definition) is 0. The standard InChI is InChI=1S/C35H26O3S6/c1-33(2)17-11-21(41-27(17)25-15(31(33)36)7-9-39-25)23-13-19-29(43-23)30-20(38-35(19,5)6)14-24(44-30)22-12-18-28(42-22)26-16(8-10-40-26)32(37)34(18,3)4/h7-14H,1-6H3. The van der Waals surface area contributed by atoms with Gasteiger partial charge < -0.3 is 4.74 Å². The van der Waals surface area contributed by atoms with Crippen LogP contribution in [0.4, 0.5) is 0 Å². The Morgan fingerprint density at radius 2 is 0.932 bits per heavy atom. The maximum Gasteiger partial charge on any atom is 0.174 e. The molecule has 0 unspecified atom stereocenters. The number of carbonyl (C=O) groups excluding carboxylic acids is 2. The Bertz CT molecular complexity index is 2230. The third-order valence-corrected chi connectivity index (χ3v) is 16.5. The van der Waals surface area contributed by atoms with Crippen molar-refractivity contribution < 1.29 is 14.3 Å². The molecule has 0 aromatic carbocycles. The summed E-state index contributed by atoms with van der Waals surface area (Å²) in [5, 5.41) is 4.07. The van der Waals surface area contributed by atoms with Gasteiger partial charge in [-0.2, -0.15) is 0 Å². The van der Waals surface area contributed by atoms with Gasteiger partial charge in [0.05, 0.1) is 30.3 Å². The summed E-state index contributed by atoms with van der Waals surface area (Å²) in [4.78, 5) is 38.6. The van der Waals surface area contributed by atoms with Gasteiger partial charge >= 0.3 is 0 Å². The van der Waals surface area contributed by atoms with Gasteiger partial charge in [0, 0.05) is 52.0 Å². The lowest BCUT2D eigenvalue weighted by Crippen LogP contribution is -2.31. The summed E-state index contributed by atoms with van der Waals surface area (Å²) in [6.45, 7) is 12.5. The quantitative estimate of drug-likeness (QED) is 0.182. The number of carbonyl (C=O) groups is 2. The zero-order chi connectivity index (χ0) is 30.5. The number of fused-ring (bicyclic) bond motifs is 9. The van der Waals surface area contributed by atoms with Crippen LogP contribution in [0.15, 0.2) is 47.2 Å². The molecule has 6 aromatic rings. The second kappa shape index (κ2) is 8.78. The lowest BCUT2D eigenvalue weighted by atomic mass is 9.74. The van der Waals surface area contributed by atoms with Crippen LogP contribution in [0, 0.1) is 0 Å². The molecule has 0 radical (unpaired) electrons. The van der Waals surface area contributed by atoms with Crippen molar-refractivity contribution in [3.8, 4) is 54.5 Å². The zero-order valence-electron chi connectivity index (χ0n) is 24.8. The molecule has 7 heterocycles. The van der Waals surface area contributed by atoms with Gasteiger partial charge in [0.2, 0.25) is 0 Å². The third kappa shape index (κ3) is 3.51. The van der Waals surface area contributed by atoms with Crippen LogP contribution in [0.25, 0.3) is 48.8 Å². The van der Waals surface area contributed by atoms with Gasteiger partial charge in [0.1, 0.15) is 11.4 Å². The Kier molecular flexibility index (Phi) is 5.51. The van der Waals surface area contributed by atoms with E-state index in [2.05, 4.69) is 65.8 Å². The summed E-state index contributed by atoms with van der Waals surface area (Å²) in [6, 6.07) is 13.0. The molecular weight excluding hydrogens is 661 g/mol. The van der Waals surface area contributed by atoms with Crippen LogP contribution < -0.4 is 4.74 Å². The maximum atomic E-state index is 13.4. The topological polar surface area (TPSA) is 43.4 Å². The molecule has 9 rings (SSSR count). The van der Waals surface area contributed by atoms with Gasteiger partial charge in [-0.1, -0.05) is 0 Å². The number of hydrogen-bond acceptors (Lipinski definition) is 9. The predicted octanol–water partition coefficient (Wildman–Crippen LogP) is 12.0. The van der Waals surface area contributed by atoms with E-state index in [4.69, 9.17) is 4.74 Å². The van der Waals surface area contributed by atoms with Gasteiger partial charge in [0.25, 0.3) is 0 Å². The maximum absolute atomic E-state index is 13.4. The molecule has 0 fully saturated rings. The van der Waals surface area contributed by atoms with Crippen molar-refractivity contribution in [1.29, 1.82) is 0 Å². The van der Waals surface area contributed by atoms with Crippen LogP contribution in [0.5, 0.6) is 5.75 Å². The van der Waals surface area contributed by atoms with E-state index >= 15 is 0 Å². The lowest BCUT2D eigenvalue weighted by molar-refractivity contribution is 0.0901. The molecule has 0 N–H and O–H groups in total. The molecule has 0 bridgehead atoms. The first-order valence-corrected chi connectivity index (χ1v) is 19.4. The van der Waals surface area contributed by atoms with E-state index in [9.17, 15) is 9.59 Å². The molecule has 0 amide bonds. The van der Waals surface area contributed by atoms with E-state index in [-0.39, 0.29) is 11.6 Å². The first-order chi connectivity index (χ1) is 20.9. The molecule has 3 nitrogen and oxygen atoms in total. The van der Waals surface area contributed by atoms with Gasteiger partial charge in [-0.05, 0) is 93.8 Å². The fourth-order valence-corrected chi connectivity index (χ4v) is 14.2. The monoisotopic (exact) mass is 686 g/mol. The molecule has 220 valence electrons. The largest absolute Gasteiger partial charge is 0.482 e. The first kappa shape index (κ1) is 27.6. The van der Waals surface area contributed by atoms with Crippen LogP contribution >= 0.6 is 68.0 Å². The summed E-state index contributed by atoms with van der Waals surface area (Å²) in [5.74, 6) is 1.34. The average molecular weight is 687 g/mol. The molecule has 0 atom stereocenters. The Hall–Kier alpha value is -2.66. The average Bonchev–Trinajstić information content (AvgIpc) is 3.78. The van der Waals surface area contributed by atoms with Crippen molar-refractivity contribution >= 4 is 79.6 Å². The summed E-state index contributed by atoms with van der Waals surface area (Å²) < 4.78 is 6.70. The second-order valence-electron chi connectivity index (χ2n) is 13.2. The predicted molar refractivity (Wildman–Crippen MR) is 189 cm³/mol. The van der Waals surface area contributed by atoms with Crippen molar-refractivity contribution in [2.75, 3.05) is 0 Å². The highest BCUT2D eigenvalue weighted by atomic mass is 32.1. The van der Waals surface area contributed by atoms with E-state index < -0.39 is 16.4 Å². The van der Waals surface area contributed by atoms with Crippen LogP contribution in [0.1, 0.15) is 78.9 Å². The fraction of sp³-hybridized carbons (Fsp3) is 0.257. The number of thiophene rings is 6. The van der Waals surface area contributed by atoms with Crippen molar-refractivity contribution in [3.63, 3.8) is 0 Å². The third-order valence-electron chi connectivity index (χ3n) is 9.31. The minimum atomic E-state index is -0.549. The molecule has 0 saturated carbocycles.